The Balaban J connectivity index is 1.53. The minimum Gasteiger partial charge on any atom is -0.337 e. The van der Waals surface area contributed by atoms with E-state index >= 15 is 0 Å². The van der Waals surface area contributed by atoms with Gasteiger partial charge < -0.3 is 9.80 Å². The zero-order chi connectivity index (χ0) is 17.4. The molecule has 1 fully saturated rings. The molecule has 7 heteroatoms. The molecule has 0 radical (unpaired) electrons. The van der Waals surface area contributed by atoms with E-state index in [0.29, 0.717) is 12.3 Å². The quantitative estimate of drug-likeness (QED) is 0.824. The summed E-state index contributed by atoms with van der Waals surface area (Å²) in [5, 5.41) is 0. The van der Waals surface area contributed by atoms with Gasteiger partial charge in [0.1, 0.15) is 0 Å². The van der Waals surface area contributed by atoms with Crippen LogP contribution in [-0.2, 0) is 6.42 Å². The molecule has 1 aliphatic heterocycles. The summed E-state index contributed by atoms with van der Waals surface area (Å²) in [4.78, 5) is 34.7. The summed E-state index contributed by atoms with van der Waals surface area (Å²) in [7, 11) is 0. The van der Waals surface area contributed by atoms with Crippen LogP contribution in [0.2, 0.25) is 0 Å². The lowest BCUT2D eigenvalue weighted by Crippen LogP contribution is -2.48. The highest BCUT2D eigenvalue weighted by Crippen LogP contribution is 2.27. The number of piperazine rings is 1. The highest BCUT2D eigenvalue weighted by molar-refractivity contribution is 5.99. The van der Waals surface area contributed by atoms with Crippen molar-refractivity contribution in [3.05, 3.63) is 35.4 Å². The van der Waals surface area contributed by atoms with E-state index in [9.17, 15) is 4.79 Å². The minimum absolute atomic E-state index is 0.184. The lowest BCUT2D eigenvalue weighted by atomic mass is 9.86. The molecule has 2 aliphatic rings. The number of anilines is 2. The molecule has 1 atom stereocenters. The number of ketones is 1. The van der Waals surface area contributed by atoms with E-state index in [1.165, 1.54) is 0 Å². The molecule has 0 unspecified atom stereocenters. The summed E-state index contributed by atoms with van der Waals surface area (Å²) in [5.74, 6) is 2.05. The lowest BCUT2D eigenvalue weighted by Gasteiger charge is -2.35. The number of rotatable bonds is 2. The minimum atomic E-state index is 0.184. The third-order valence-electron chi connectivity index (χ3n) is 4.91. The van der Waals surface area contributed by atoms with Crippen LogP contribution in [0.25, 0.3) is 0 Å². The average molecular weight is 338 g/mol. The van der Waals surface area contributed by atoms with Crippen LogP contribution in [0.5, 0.6) is 0 Å². The zero-order valence-corrected chi connectivity index (χ0v) is 14.6. The fourth-order valence-electron chi connectivity index (χ4n) is 3.65. The Morgan fingerprint density at radius 2 is 1.60 bits per heavy atom. The maximum absolute atomic E-state index is 12.3. The SMILES string of the molecule is Cc1nc(N2CCN(c3ncccn3)CC2)nc2c1C(=O)C[C@@H](C)C2. The van der Waals surface area contributed by atoms with Gasteiger partial charge in [-0.25, -0.2) is 19.9 Å². The Kier molecular flexibility index (Phi) is 4.07. The first-order chi connectivity index (χ1) is 12.1. The van der Waals surface area contributed by atoms with Gasteiger partial charge in [0.05, 0.1) is 17.0 Å². The fraction of sp³-hybridized carbons (Fsp3) is 0.500. The number of aryl methyl sites for hydroxylation is 1. The van der Waals surface area contributed by atoms with E-state index < -0.39 is 0 Å². The van der Waals surface area contributed by atoms with E-state index in [-0.39, 0.29) is 5.78 Å². The van der Waals surface area contributed by atoms with Gasteiger partial charge in [-0.3, -0.25) is 4.79 Å². The van der Waals surface area contributed by atoms with Crippen LogP contribution in [0.3, 0.4) is 0 Å². The predicted molar refractivity (Wildman–Crippen MR) is 95.0 cm³/mol. The Labute approximate surface area is 147 Å². The van der Waals surface area contributed by atoms with Crippen molar-refractivity contribution in [2.24, 2.45) is 5.92 Å². The molecule has 0 N–H and O–H groups in total. The largest absolute Gasteiger partial charge is 0.337 e. The zero-order valence-electron chi connectivity index (χ0n) is 14.6. The van der Waals surface area contributed by atoms with Crippen molar-refractivity contribution in [2.75, 3.05) is 36.0 Å². The first-order valence-corrected chi connectivity index (χ1v) is 8.79. The van der Waals surface area contributed by atoms with Crippen LogP contribution in [-0.4, -0.2) is 51.9 Å². The number of nitrogens with zero attached hydrogens (tertiary/aromatic N) is 6. The summed E-state index contributed by atoms with van der Waals surface area (Å²) in [5.41, 5.74) is 2.48. The van der Waals surface area contributed by atoms with Gasteiger partial charge in [-0.2, -0.15) is 0 Å². The Hall–Kier alpha value is -2.57. The van der Waals surface area contributed by atoms with E-state index in [0.717, 1.165) is 61.4 Å². The number of hydrogen-bond acceptors (Lipinski definition) is 7. The first-order valence-electron chi connectivity index (χ1n) is 8.79. The molecular formula is C18H22N6O. The number of aromatic nitrogens is 4. The molecule has 1 saturated heterocycles. The summed E-state index contributed by atoms with van der Waals surface area (Å²) >= 11 is 0. The molecular weight excluding hydrogens is 316 g/mol. The number of carbonyl (C=O) groups is 1. The Bertz CT molecular complexity index is 786. The first kappa shape index (κ1) is 15.9. The number of fused-ring (bicyclic) bond motifs is 1. The third-order valence-corrected chi connectivity index (χ3v) is 4.91. The molecule has 3 heterocycles. The summed E-state index contributed by atoms with van der Waals surface area (Å²) in [6, 6.07) is 1.83. The molecule has 4 rings (SSSR count). The molecule has 7 nitrogen and oxygen atoms in total. The van der Waals surface area contributed by atoms with E-state index in [1.807, 2.05) is 13.0 Å². The second kappa shape index (κ2) is 6.38. The summed E-state index contributed by atoms with van der Waals surface area (Å²) in [6.45, 7) is 7.33. The highest BCUT2D eigenvalue weighted by Gasteiger charge is 2.28. The van der Waals surface area contributed by atoms with Gasteiger partial charge in [0.2, 0.25) is 11.9 Å². The maximum atomic E-state index is 12.3. The maximum Gasteiger partial charge on any atom is 0.225 e. The molecule has 0 saturated carbocycles. The van der Waals surface area contributed by atoms with Gasteiger partial charge in [-0.05, 0) is 25.3 Å². The molecule has 0 aromatic carbocycles. The average Bonchev–Trinajstić information content (AvgIpc) is 2.61. The Morgan fingerprint density at radius 3 is 2.28 bits per heavy atom. The summed E-state index contributed by atoms with van der Waals surface area (Å²) in [6.07, 6.45) is 4.99. The normalized spacial score (nSPS) is 20.6. The molecule has 0 bridgehead atoms. The number of Topliss-reactive ketones (excluding diaryl/α,β-unsaturated/α-hetero) is 1. The highest BCUT2D eigenvalue weighted by atomic mass is 16.1. The van der Waals surface area contributed by atoms with Gasteiger partial charge in [0.25, 0.3) is 0 Å². The van der Waals surface area contributed by atoms with Gasteiger partial charge in [0.15, 0.2) is 5.78 Å². The summed E-state index contributed by atoms with van der Waals surface area (Å²) < 4.78 is 0. The van der Waals surface area contributed by atoms with Crippen LogP contribution in [0.15, 0.2) is 18.5 Å². The third kappa shape index (κ3) is 3.06. The van der Waals surface area contributed by atoms with Crippen molar-refractivity contribution in [3.8, 4) is 0 Å². The smallest absolute Gasteiger partial charge is 0.225 e. The van der Waals surface area contributed by atoms with E-state index in [1.54, 1.807) is 12.4 Å². The molecule has 2 aromatic heterocycles. The molecule has 25 heavy (non-hydrogen) atoms. The van der Waals surface area contributed by atoms with Gasteiger partial charge in [-0.15, -0.1) is 0 Å². The molecule has 0 amide bonds. The molecule has 0 spiro atoms. The number of hydrogen-bond donors (Lipinski definition) is 0. The van der Waals surface area contributed by atoms with Crippen molar-refractivity contribution >= 4 is 17.7 Å². The second-order valence-electron chi connectivity index (χ2n) is 6.89. The van der Waals surface area contributed by atoms with Crippen LogP contribution in [0, 0.1) is 12.8 Å². The molecule has 130 valence electrons. The van der Waals surface area contributed by atoms with Gasteiger partial charge in [0, 0.05) is 45.0 Å². The standard InChI is InChI=1S/C18H22N6O/c1-12-10-14-16(15(25)11-12)13(2)21-18(22-14)24-8-6-23(7-9-24)17-19-4-3-5-20-17/h3-5,12H,6-11H2,1-2H3/t12-/m0/s1. The van der Waals surface area contributed by atoms with Crippen LogP contribution < -0.4 is 9.80 Å². The monoisotopic (exact) mass is 338 g/mol. The van der Waals surface area contributed by atoms with Crippen molar-refractivity contribution in [3.63, 3.8) is 0 Å². The number of carbonyl (C=O) groups excluding carboxylic acids is 1. The van der Waals surface area contributed by atoms with Crippen LogP contribution in [0.1, 0.15) is 35.1 Å². The Morgan fingerprint density at radius 1 is 0.960 bits per heavy atom. The van der Waals surface area contributed by atoms with Crippen molar-refractivity contribution in [1.29, 1.82) is 0 Å². The van der Waals surface area contributed by atoms with E-state index in [4.69, 9.17) is 4.98 Å². The molecule has 1 aliphatic carbocycles. The van der Waals surface area contributed by atoms with Crippen molar-refractivity contribution < 1.29 is 4.79 Å². The van der Waals surface area contributed by atoms with Crippen LogP contribution >= 0.6 is 0 Å². The van der Waals surface area contributed by atoms with Crippen molar-refractivity contribution in [2.45, 2.75) is 26.7 Å². The van der Waals surface area contributed by atoms with E-state index in [2.05, 4.69) is 31.7 Å². The van der Waals surface area contributed by atoms with Gasteiger partial charge in [-0.1, -0.05) is 6.92 Å². The second-order valence-corrected chi connectivity index (χ2v) is 6.89. The fourth-order valence-corrected chi connectivity index (χ4v) is 3.65. The topological polar surface area (TPSA) is 75.1 Å². The predicted octanol–water partition coefficient (Wildman–Crippen LogP) is 1.67. The van der Waals surface area contributed by atoms with Gasteiger partial charge >= 0.3 is 0 Å². The molecule has 2 aromatic rings. The van der Waals surface area contributed by atoms with Crippen LogP contribution in [0.4, 0.5) is 11.9 Å². The lowest BCUT2D eigenvalue weighted by molar-refractivity contribution is 0.0951. The van der Waals surface area contributed by atoms with Crippen molar-refractivity contribution in [1.82, 2.24) is 19.9 Å².